The fourth-order valence-corrected chi connectivity index (χ4v) is 2.41. The normalized spacial score (nSPS) is 9.96. The predicted molar refractivity (Wildman–Crippen MR) is 103 cm³/mol. The fourth-order valence-electron chi connectivity index (χ4n) is 2.41. The molecule has 5 N–H and O–H groups in total. The van der Waals surface area contributed by atoms with Gasteiger partial charge < -0.3 is 16.6 Å². The summed E-state index contributed by atoms with van der Waals surface area (Å²) in [6.07, 6.45) is 13.6. The van der Waals surface area contributed by atoms with Crippen LogP contribution < -0.4 is 11.5 Å². The number of carbonyl (C=O) groups excluding carboxylic acids is 1. The average molecular weight is 351 g/mol. The molecule has 0 aliphatic carbocycles. The Balaban J connectivity index is 0.000000496. The Morgan fingerprint density at radius 3 is 1.68 bits per heavy atom. The fraction of sp³-hybridized carbons (Fsp3) is 0.600. The first kappa shape index (κ1) is 23.0. The van der Waals surface area contributed by atoms with Crippen molar-refractivity contribution in [1.29, 1.82) is 0 Å². The summed E-state index contributed by atoms with van der Waals surface area (Å²) in [7, 11) is 0. The number of nitrogen functional groups attached to an aromatic ring is 1. The van der Waals surface area contributed by atoms with E-state index in [1.54, 1.807) is 12.1 Å². The number of carboxylic acid groups (broad SMARTS) is 1. The second kappa shape index (κ2) is 15.5. The summed E-state index contributed by atoms with van der Waals surface area (Å²) in [5.41, 5.74) is 11.2. The van der Waals surface area contributed by atoms with Gasteiger partial charge in [-0.3, -0.25) is 4.79 Å². The molecule has 0 atom stereocenters. The third-order valence-electron chi connectivity index (χ3n) is 3.93. The lowest BCUT2D eigenvalue weighted by Crippen LogP contribution is -2.09. The number of carboxylic acids is 1. The van der Waals surface area contributed by atoms with Crippen LogP contribution in [0.4, 0.5) is 5.69 Å². The maximum Gasteiger partial charge on any atom is 0.335 e. The highest BCUT2D eigenvalue weighted by Gasteiger charge is 1.98. The van der Waals surface area contributed by atoms with Gasteiger partial charge in [-0.15, -0.1) is 0 Å². The second-order valence-electron chi connectivity index (χ2n) is 6.33. The average Bonchev–Trinajstić information content (AvgIpc) is 2.57. The van der Waals surface area contributed by atoms with Crippen molar-refractivity contribution in [2.45, 2.75) is 77.6 Å². The first-order chi connectivity index (χ1) is 12.0. The number of aromatic carboxylic acids is 1. The van der Waals surface area contributed by atoms with Gasteiger partial charge in [0.25, 0.3) is 0 Å². The van der Waals surface area contributed by atoms with Gasteiger partial charge in [0.2, 0.25) is 5.91 Å². The van der Waals surface area contributed by atoms with Crippen LogP contribution >= 0.6 is 0 Å². The first-order valence-corrected chi connectivity index (χ1v) is 9.34. The largest absolute Gasteiger partial charge is 0.478 e. The molecule has 0 bridgehead atoms. The lowest BCUT2D eigenvalue weighted by Gasteiger charge is -2.01. The molecule has 1 amide bonds. The van der Waals surface area contributed by atoms with Crippen LogP contribution in [0.15, 0.2) is 24.3 Å². The van der Waals surface area contributed by atoms with Crippen LogP contribution in [0.2, 0.25) is 0 Å². The molecule has 5 heteroatoms. The Bertz CT molecular complexity index is 472. The molecule has 0 saturated carbocycles. The zero-order valence-corrected chi connectivity index (χ0v) is 15.5. The predicted octanol–water partition coefficient (Wildman–Crippen LogP) is 4.75. The van der Waals surface area contributed by atoms with Crippen LogP contribution in [0.5, 0.6) is 0 Å². The van der Waals surface area contributed by atoms with Crippen LogP contribution in [-0.4, -0.2) is 17.0 Å². The number of unbranched alkanes of at least 4 members (excludes halogenated alkanes) is 9. The SMILES string of the molecule is CCCCCCCCCCCCC(N)=O.Nc1ccc(C(=O)O)cc1. The van der Waals surface area contributed by atoms with Crippen molar-refractivity contribution in [3.8, 4) is 0 Å². The lowest BCUT2D eigenvalue weighted by atomic mass is 10.1. The zero-order chi connectivity index (χ0) is 18.9. The third-order valence-corrected chi connectivity index (χ3v) is 3.93. The summed E-state index contributed by atoms with van der Waals surface area (Å²) < 4.78 is 0. The van der Waals surface area contributed by atoms with Gasteiger partial charge in [0.15, 0.2) is 0 Å². The third kappa shape index (κ3) is 15.2. The van der Waals surface area contributed by atoms with Crippen LogP contribution in [-0.2, 0) is 4.79 Å². The van der Waals surface area contributed by atoms with E-state index in [-0.39, 0.29) is 11.5 Å². The molecule has 0 unspecified atom stereocenters. The van der Waals surface area contributed by atoms with Crippen molar-refractivity contribution in [3.05, 3.63) is 29.8 Å². The Labute approximate surface area is 151 Å². The van der Waals surface area contributed by atoms with Crippen LogP contribution in [0.3, 0.4) is 0 Å². The summed E-state index contributed by atoms with van der Waals surface area (Å²) in [5.74, 6) is -1.09. The molecule has 0 aliphatic rings. The minimum atomic E-state index is -0.931. The highest BCUT2D eigenvalue weighted by Crippen LogP contribution is 2.11. The number of amides is 1. The van der Waals surface area contributed by atoms with E-state index in [9.17, 15) is 9.59 Å². The monoisotopic (exact) mass is 350 g/mol. The number of benzene rings is 1. The van der Waals surface area contributed by atoms with Crippen molar-refractivity contribution in [2.75, 3.05) is 5.73 Å². The number of hydrogen-bond donors (Lipinski definition) is 3. The summed E-state index contributed by atoms with van der Waals surface area (Å²) >= 11 is 0. The number of hydrogen-bond acceptors (Lipinski definition) is 3. The molecular formula is C20H34N2O3. The molecule has 1 rings (SSSR count). The van der Waals surface area contributed by atoms with Gasteiger partial charge in [0, 0.05) is 12.1 Å². The standard InChI is InChI=1S/C13H27NO.C7H7NO2/c1-2-3-4-5-6-7-8-9-10-11-12-13(14)15;8-6-3-1-5(2-4-6)7(9)10/h2-12H2,1H3,(H2,14,15);1-4H,8H2,(H,9,10). The minimum absolute atomic E-state index is 0.158. The van der Waals surface area contributed by atoms with Crippen LogP contribution in [0.25, 0.3) is 0 Å². The molecule has 0 fully saturated rings. The summed E-state index contributed by atoms with van der Waals surface area (Å²) in [4.78, 5) is 20.7. The molecule has 25 heavy (non-hydrogen) atoms. The molecule has 0 radical (unpaired) electrons. The highest BCUT2D eigenvalue weighted by molar-refractivity contribution is 5.87. The maximum absolute atomic E-state index is 10.5. The number of primary amides is 1. The molecule has 0 aromatic heterocycles. The molecule has 0 aliphatic heterocycles. The second-order valence-corrected chi connectivity index (χ2v) is 6.33. The van der Waals surface area contributed by atoms with E-state index in [2.05, 4.69) is 6.92 Å². The Kier molecular flexibility index (Phi) is 14.2. The van der Waals surface area contributed by atoms with E-state index in [1.165, 1.54) is 63.5 Å². The van der Waals surface area contributed by atoms with E-state index >= 15 is 0 Å². The molecule has 0 spiro atoms. The van der Waals surface area contributed by atoms with E-state index in [0.29, 0.717) is 12.1 Å². The van der Waals surface area contributed by atoms with Gasteiger partial charge in [-0.2, -0.15) is 0 Å². The van der Waals surface area contributed by atoms with Crippen molar-refractivity contribution < 1.29 is 14.7 Å². The summed E-state index contributed by atoms with van der Waals surface area (Å²) in [6, 6.07) is 6.06. The molecule has 142 valence electrons. The van der Waals surface area contributed by atoms with Gasteiger partial charge in [-0.05, 0) is 30.7 Å². The van der Waals surface area contributed by atoms with Gasteiger partial charge in [-0.25, -0.2) is 4.79 Å². The maximum atomic E-state index is 10.5. The van der Waals surface area contributed by atoms with Gasteiger partial charge >= 0.3 is 5.97 Å². The van der Waals surface area contributed by atoms with E-state index < -0.39 is 5.97 Å². The van der Waals surface area contributed by atoms with Gasteiger partial charge in [0.05, 0.1) is 5.56 Å². The quantitative estimate of drug-likeness (QED) is 0.373. The van der Waals surface area contributed by atoms with Crippen LogP contribution in [0.1, 0.15) is 87.9 Å². The number of nitrogens with two attached hydrogens (primary N) is 2. The molecular weight excluding hydrogens is 316 g/mol. The Morgan fingerprint density at radius 2 is 1.28 bits per heavy atom. The molecule has 5 nitrogen and oxygen atoms in total. The number of carbonyl (C=O) groups is 2. The van der Waals surface area contributed by atoms with Crippen molar-refractivity contribution in [3.63, 3.8) is 0 Å². The molecule has 0 heterocycles. The van der Waals surface area contributed by atoms with Gasteiger partial charge in [0.1, 0.15) is 0 Å². The van der Waals surface area contributed by atoms with Gasteiger partial charge in [-0.1, -0.05) is 64.7 Å². The Morgan fingerprint density at radius 1 is 0.840 bits per heavy atom. The zero-order valence-electron chi connectivity index (χ0n) is 15.5. The highest BCUT2D eigenvalue weighted by atomic mass is 16.4. The summed E-state index contributed by atoms with van der Waals surface area (Å²) in [6.45, 7) is 2.25. The van der Waals surface area contributed by atoms with Crippen molar-refractivity contribution in [2.24, 2.45) is 5.73 Å². The lowest BCUT2D eigenvalue weighted by molar-refractivity contribution is -0.118. The smallest absolute Gasteiger partial charge is 0.335 e. The minimum Gasteiger partial charge on any atom is -0.478 e. The number of anilines is 1. The Hall–Kier alpha value is -2.04. The van der Waals surface area contributed by atoms with E-state index in [1.807, 2.05) is 0 Å². The van der Waals surface area contributed by atoms with Crippen molar-refractivity contribution >= 4 is 17.6 Å². The number of rotatable bonds is 12. The van der Waals surface area contributed by atoms with Crippen molar-refractivity contribution in [1.82, 2.24) is 0 Å². The molecule has 1 aromatic rings. The van der Waals surface area contributed by atoms with E-state index in [0.717, 1.165) is 12.8 Å². The first-order valence-electron chi connectivity index (χ1n) is 9.34. The molecule has 1 aromatic carbocycles. The van der Waals surface area contributed by atoms with E-state index in [4.69, 9.17) is 16.6 Å². The molecule has 0 saturated heterocycles. The summed E-state index contributed by atoms with van der Waals surface area (Å²) in [5, 5.41) is 8.43. The van der Waals surface area contributed by atoms with Crippen LogP contribution in [0, 0.1) is 0 Å². The topological polar surface area (TPSA) is 106 Å².